The molecule has 0 spiro atoms. The first-order valence-electron chi connectivity index (χ1n) is 5.63. The molecule has 0 aliphatic heterocycles. The quantitative estimate of drug-likeness (QED) is 0.854. The monoisotopic (exact) mass is 245 g/mol. The van der Waals surface area contributed by atoms with Crippen molar-refractivity contribution in [1.29, 1.82) is 0 Å². The Kier molecular flexibility index (Phi) is 3.23. The molecule has 1 nitrogen and oxygen atoms in total. The van der Waals surface area contributed by atoms with Gasteiger partial charge in [-0.2, -0.15) is 0 Å². The molecule has 2 aromatic carbocycles. The number of nitrogens with two attached hydrogens (primary N) is 1. The molecule has 0 bridgehead atoms. The van der Waals surface area contributed by atoms with E-state index in [0.717, 1.165) is 16.1 Å². The third-order valence-electron chi connectivity index (χ3n) is 3.15. The third-order valence-corrected chi connectivity index (χ3v) is 3.40. The lowest BCUT2D eigenvalue weighted by atomic mass is 9.83. The van der Waals surface area contributed by atoms with Crippen LogP contribution >= 0.6 is 11.6 Å². The van der Waals surface area contributed by atoms with Crippen LogP contribution in [-0.2, 0) is 5.54 Å². The maximum Gasteiger partial charge on any atom is 0.0639 e. The number of rotatable bonds is 2. The Hall–Kier alpha value is -1.31. The van der Waals surface area contributed by atoms with Crippen molar-refractivity contribution in [2.45, 2.75) is 19.4 Å². The van der Waals surface area contributed by atoms with Gasteiger partial charge in [0.05, 0.1) is 5.54 Å². The van der Waals surface area contributed by atoms with Crippen LogP contribution in [-0.4, -0.2) is 0 Å². The summed E-state index contributed by atoms with van der Waals surface area (Å²) in [5.74, 6) is 0. The average molecular weight is 246 g/mol. The molecule has 0 aromatic heterocycles. The van der Waals surface area contributed by atoms with Crippen molar-refractivity contribution < 1.29 is 0 Å². The highest BCUT2D eigenvalue weighted by Gasteiger charge is 2.24. The molecule has 2 rings (SSSR count). The normalized spacial score (nSPS) is 14.4. The van der Waals surface area contributed by atoms with Crippen molar-refractivity contribution in [2.24, 2.45) is 5.73 Å². The summed E-state index contributed by atoms with van der Waals surface area (Å²) in [6, 6.07) is 15.9. The van der Waals surface area contributed by atoms with E-state index in [9.17, 15) is 0 Å². The summed E-state index contributed by atoms with van der Waals surface area (Å²) >= 11 is 5.90. The fourth-order valence-corrected chi connectivity index (χ4v) is 2.23. The van der Waals surface area contributed by atoms with Crippen LogP contribution in [0.2, 0.25) is 5.02 Å². The smallest absolute Gasteiger partial charge is 0.0639 e. The molecule has 0 aliphatic rings. The molecule has 2 N–H and O–H groups in total. The lowest BCUT2D eigenvalue weighted by Gasteiger charge is -2.27. The molecular formula is C15H16ClN. The van der Waals surface area contributed by atoms with Crippen molar-refractivity contribution in [3.8, 4) is 0 Å². The minimum atomic E-state index is -0.490. The fourth-order valence-electron chi connectivity index (χ4n) is 2.11. The zero-order valence-corrected chi connectivity index (χ0v) is 10.8. The zero-order valence-electron chi connectivity index (χ0n) is 10.1. The molecule has 0 saturated carbocycles. The van der Waals surface area contributed by atoms with Crippen LogP contribution in [0.5, 0.6) is 0 Å². The van der Waals surface area contributed by atoms with Crippen LogP contribution in [0.4, 0.5) is 0 Å². The molecule has 0 fully saturated rings. The van der Waals surface area contributed by atoms with Crippen LogP contribution in [0.15, 0.2) is 48.5 Å². The highest BCUT2D eigenvalue weighted by Crippen LogP contribution is 2.29. The summed E-state index contributed by atoms with van der Waals surface area (Å²) in [7, 11) is 0. The second-order valence-corrected chi connectivity index (χ2v) is 4.96. The summed E-state index contributed by atoms with van der Waals surface area (Å²) in [6.45, 7) is 4.11. The van der Waals surface area contributed by atoms with Crippen molar-refractivity contribution >= 4 is 11.6 Å². The Bertz CT molecular complexity index is 515. The van der Waals surface area contributed by atoms with Gasteiger partial charge in [-0.25, -0.2) is 0 Å². The van der Waals surface area contributed by atoms with Crippen molar-refractivity contribution in [2.75, 3.05) is 0 Å². The van der Waals surface area contributed by atoms with Gasteiger partial charge in [0, 0.05) is 5.02 Å². The first-order chi connectivity index (χ1) is 8.01. The van der Waals surface area contributed by atoms with E-state index < -0.39 is 5.54 Å². The molecule has 17 heavy (non-hydrogen) atoms. The van der Waals surface area contributed by atoms with E-state index in [1.54, 1.807) is 0 Å². The molecule has 0 saturated heterocycles. The minimum absolute atomic E-state index is 0.490. The van der Waals surface area contributed by atoms with Crippen LogP contribution in [0.3, 0.4) is 0 Å². The number of halogens is 1. The maximum atomic E-state index is 6.47. The van der Waals surface area contributed by atoms with Gasteiger partial charge in [-0.15, -0.1) is 0 Å². The Labute approximate surface area is 107 Å². The number of benzene rings is 2. The molecule has 0 radical (unpaired) electrons. The van der Waals surface area contributed by atoms with Crippen LogP contribution < -0.4 is 5.73 Å². The largest absolute Gasteiger partial charge is 0.318 e. The van der Waals surface area contributed by atoms with Gasteiger partial charge in [0.25, 0.3) is 0 Å². The summed E-state index contributed by atoms with van der Waals surface area (Å²) < 4.78 is 0. The Morgan fingerprint density at radius 1 is 1.00 bits per heavy atom. The number of hydrogen-bond donors (Lipinski definition) is 1. The predicted molar refractivity (Wildman–Crippen MR) is 73.3 cm³/mol. The molecule has 2 heteroatoms. The lowest BCUT2D eigenvalue weighted by Crippen LogP contribution is -2.35. The van der Waals surface area contributed by atoms with Crippen molar-refractivity contribution in [3.05, 3.63) is 70.2 Å². The second kappa shape index (κ2) is 4.52. The average Bonchev–Trinajstić information content (AvgIpc) is 2.30. The number of hydrogen-bond acceptors (Lipinski definition) is 1. The molecule has 0 heterocycles. The van der Waals surface area contributed by atoms with Gasteiger partial charge < -0.3 is 5.73 Å². The van der Waals surface area contributed by atoms with Gasteiger partial charge in [0.15, 0.2) is 0 Å². The topological polar surface area (TPSA) is 26.0 Å². The molecule has 1 atom stereocenters. The van der Waals surface area contributed by atoms with Crippen molar-refractivity contribution in [3.63, 3.8) is 0 Å². The van der Waals surface area contributed by atoms with Crippen LogP contribution in [0.1, 0.15) is 23.6 Å². The lowest BCUT2D eigenvalue weighted by molar-refractivity contribution is 0.599. The summed E-state index contributed by atoms with van der Waals surface area (Å²) in [5.41, 5.74) is 9.39. The molecule has 2 aromatic rings. The van der Waals surface area contributed by atoms with Gasteiger partial charge in [0.2, 0.25) is 0 Å². The molecule has 88 valence electrons. The van der Waals surface area contributed by atoms with Crippen LogP contribution in [0.25, 0.3) is 0 Å². The molecule has 1 unspecified atom stereocenters. The highest BCUT2D eigenvalue weighted by molar-refractivity contribution is 6.30. The minimum Gasteiger partial charge on any atom is -0.318 e. The van der Waals surface area contributed by atoms with Crippen molar-refractivity contribution in [1.82, 2.24) is 0 Å². The molecule has 0 amide bonds. The highest BCUT2D eigenvalue weighted by atomic mass is 35.5. The van der Waals surface area contributed by atoms with E-state index >= 15 is 0 Å². The van der Waals surface area contributed by atoms with Gasteiger partial charge in [-0.1, -0.05) is 48.0 Å². The Morgan fingerprint density at radius 3 is 2.18 bits per heavy atom. The third kappa shape index (κ3) is 2.36. The Morgan fingerprint density at radius 2 is 1.59 bits per heavy atom. The van der Waals surface area contributed by atoms with Gasteiger partial charge in [-0.05, 0) is 42.7 Å². The van der Waals surface area contributed by atoms with Crippen LogP contribution in [0, 0.1) is 6.92 Å². The summed E-state index contributed by atoms with van der Waals surface area (Å²) in [5, 5.41) is 0.731. The first kappa shape index (κ1) is 12.2. The van der Waals surface area contributed by atoms with Gasteiger partial charge >= 0.3 is 0 Å². The molecule has 0 aliphatic carbocycles. The Balaban J connectivity index is 2.49. The van der Waals surface area contributed by atoms with E-state index in [4.69, 9.17) is 17.3 Å². The van der Waals surface area contributed by atoms with E-state index in [0.29, 0.717) is 0 Å². The second-order valence-electron chi connectivity index (χ2n) is 4.52. The van der Waals surface area contributed by atoms with E-state index in [1.807, 2.05) is 43.3 Å². The SMILES string of the molecule is Cc1ccccc1C(C)(N)c1ccc(Cl)cc1. The fraction of sp³-hybridized carbons (Fsp3) is 0.200. The maximum absolute atomic E-state index is 6.47. The standard InChI is InChI=1S/C15H16ClN/c1-11-5-3-4-6-14(11)15(2,17)12-7-9-13(16)10-8-12/h3-10H,17H2,1-2H3. The van der Waals surface area contributed by atoms with Gasteiger partial charge in [0.1, 0.15) is 0 Å². The van der Waals surface area contributed by atoms with E-state index in [-0.39, 0.29) is 0 Å². The van der Waals surface area contributed by atoms with Gasteiger partial charge in [-0.3, -0.25) is 0 Å². The summed E-state index contributed by atoms with van der Waals surface area (Å²) in [6.07, 6.45) is 0. The first-order valence-corrected chi connectivity index (χ1v) is 6.00. The summed E-state index contributed by atoms with van der Waals surface area (Å²) in [4.78, 5) is 0. The molecular weight excluding hydrogens is 230 g/mol. The predicted octanol–water partition coefficient (Wildman–Crippen LogP) is 3.87. The number of aryl methyl sites for hydroxylation is 1. The zero-order chi connectivity index (χ0) is 12.5. The van der Waals surface area contributed by atoms with E-state index in [1.165, 1.54) is 5.56 Å². The van der Waals surface area contributed by atoms with E-state index in [2.05, 4.69) is 19.1 Å².